The predicted octanol–water partition coefficient (Wildman–Crippen LogP) is 2.92. The van der Waals surface area contributed by atoms with E-state index in [4.69, 9.17) is 5.26 Å². The molecule has 0 aliphatic carbocycles. The maximum atomic E-state index is 12.3. The van der Waals surface area contributed by atoms with Crippen LogP contribution in [0.25, 0.3) is 11.1 Å². The van der Waals surface area contributed by atoms with E-state index in [1.807, 2.05) is 42.5 Å². The average Bonchev–Trinajstić information content (AvgIpc) is 2.74. The van der Waals surface area contributed by atoms with Crippen LogP contribution in [0.1, 0.15) is 30.4 Å². The molecule has 1 amide bonds. The van der Waals surface area contributed by atoms with E-state index in [0.29, 0.717) is 12.0 Å². The third-order valence-corrected chi connectivity index (χ3v) is 4.82. The average molecular weight is 358 g/mol. The highest BCUT2D eigenvalue weighted by Crippen LogP contribution is 2.21. The first kappa shape index (κ1) is 18.6. The second kappa shape index (κ2) is 8.98. The molecule has 3 rings (SSSR count). The number of piperidine rings is 1. The van der Waals surface area contributed by atoms with Gasteiger partial charge in [-0.1, -0.05) is 42.8 Å². The number of nitrogens with zero attached hydrogens (tertiary/aromatic N) is 2. The summed E-state index contributed by atoms with van der Waals surface area (Å²) in [6.07, 6.45) is 3.42. The van der Waals surface area contributed by atoms with Gasteiger partial charge in [-0.3, -0.25) is 4.79 Å². The van der Waals surface area contributed by atoms with Gasteiger partial charge in [0.25, 0.3) is 0 Å². The Bertz CT molecular complexity index is 870. The van der Waals surface area contributed by atoms with Crippen LogP contribution in [-0.2, 0) is 11.2 Å². The van der Waals surface area contributed by atoms with Crippen molar-refractivity contribution in [2.45, 2.75) is 37.8 Å². The molecule has 5 nitrogen and oxygen atoms in total. The molecule has 1 fully saturated rings. The molecule has 2 atom stereocenters. The number of hydrogen-bond acceptors (Lipinski definition) is 4. The van der Waals surface area contributed by atoms with Gasteiger partial charge in [0.15, 0.2) is 0 Å². The number of nitriles is 2. The zero-order chi connectivity index (χ0) is 19.1. The van der Waals surface area contributed by atoms with Crippen LogP contribution in [0.5, 0.6) is 0 Å². The van der Waals surface area contributed by atoms with E-state index in [9.17, 15) is 10.1 Å². The van der Waals surface area contributed by atoms with E-state index < -0.39 is 6.04 Å². The minimum atomic E-state index is -0.547. The number of amides is 1. The first-order valence-electron chi connectivity index (χ1n) is 9.22. The Morgan fingerprint density at radius 3 is 2.63 bits per heavy atom. The monoisotopic (exact) mass is 358 g/mol. The van der Waals surface area contributed by atoms with Crippen molar-refractivity contribution >= 4 is 5.91 Å². The smallest absolute Gasteiger partial charge is 0.238 e. The van der Waals surface area contributed by atoms with Crippen molar-refractivity contribution < 1.29 is 4.79 Å². The lowest BCUT2D eigenvalue weighted by atomic mass is 9.99. The number of benzene rings is 2. The molecule has 0 saturated carbocycles. The van der Waals surface area contributed by atoms with Crippen LogP contribution in [-0.4, -0.2) is 24.5 Å². The number of carbonyl (C=O) groups is 1. The molecule has 0 spiro atoms. The third kappa shape index (κ3) is 4.94. The Hall–Kier alpha value is -3.15. The highest BCUT2D eigenvalue weighted by Gasteiger charge is 2.22. The van der Waals surface area contributed by atoms with E-state index in [-0.39, 0.29) is 11.9 Å². The summed E-state index contributed by atoms with van der Waals surface area (Å²) in [7, 11) is 0. The largest absolute Gasteiger partial charge is 0.339 e. The molecule has 2 N–H and O–H groups in total. The van der Waals surface area contributed by atoms with E-state index in [1.54, 1.807) is 6.07 Å². The van der Waals surface area contributed by atoms with Crippen LogP contribution in [0.15, 0.2) is 48.5 Å². The molecule has 1 saturated heterocycles. The van der Waals surface area contributed by atoms with Crippen molar-refractivity contribution in [3.8, 4) is 23.3 Å². The third-order valence-electron chi connectivity index (χ3n) is 4.82. The number of rotatable bonds is 5. The molecule has 1 aliphatic heterocycles. The zero-order valence-corrected chi connectivity index (χ0v) is 15.1. The SMILES string of the molecule is N#Cc1cccc(-c2ccc(C[C@@H](C#N)NC(=O)[C@@H]3CCCCN3)cc2)c1. The van der Waals surface area contributed by atoms with E-state index in [2.05, 4.69) is 22.8 Å². The minimum absolute atomic E-state index is 0.0915. The summed E-state index contributed by atoms with van der Waals surface area (Å²) < 4.78 is 0. The Morgan fingerprint density at radius 2 is 1.96 bits per heavy atom. The highest BCUT2D eigenvalue weighted by molar-refractivity contribution is 5.82. The quantitative estimate of drug-likeness (QED) is 0.860. The molecule has 0 aromatic heterocycles. The summed E-state index contributed by atoms with van der Waals surface area (Å²) in [6, 6.07) is 18.9. The van der Waals surface area contributed by atoms with E-state index in [1.165, 1.54) is 0 Å². The van der Waals surface area contributed by atoms with Gasteiger partial charge in [-0.2, -0.15) is 10.5 Å². The molecule has 1 heterocycles. The lowest BCUT2D eigenvalue weighted by molar-refractivity contribution is -0.124. The fourth-order valence-electron chi connectivity index (χ4n) is 3.31. The fraction of sp³-hybridized carbons (Fsp3) is 0.318. The second-order valence-electron chi connectivity index (χ2n) is 6.79. The standard InChI is InChI=1S/C22H22N4O/c23-14-17-4-3-5-19(12-17)18-9-7-16(8-10-18)13-20(15-24)26-22(27)21-6-1-2-11-25-21/h3-5,7-10,12,20-21,25H,1-2,6,11,13H2,(H,26,27)/t20-,21-/m0/s1. The fourth-order valence-corrected chi connectivity index (χ4v) is 3.31. The van der Waals surface area contributed by atoms with Crippen LogP contribution in [0.2, 0.25) is 0 Å². The summed E-state index contributed by atoms with van der Waals surface area (Å²) in [6.45, 7) is 0.851. The predicted molar refractivity (Wildman–Crippen MR) is 103 cm³/mol. The van der Waals surface area contributed by atoms with Crippen LogP contribution in [0.3, 0.4) is 0 Å². The Morgan fingerprint density at radius 1 is 1.15 bits per heavy atom. The number of carbonyl (C=O) groups excluding carboxylic acids is 1. The summed E-state index contributed by atoms with van der Waals surface area (Å²) >= 11 is 0. The molecule has 27 heavy (non-hydrogen) atoms. The van der Waals surface area contributed by atoms with Gasteiger partial charge in [-0.15, -0.1) is 0 Å². The van der Waals surface area contributed by atoms with Crippen molar-refractivity contribution in [1.29, 1.82) is 10.5 Å². The van der Waals surface area contributed by atoms with Gasteiger partial charge in [0.05, 0.1) is 23.7 Å². The molecule has 2 aromatic rings. The zero-order valence-electron chi connectivity index (χ0n) is 15.1. The van der Waals surface area contributed by atoms with Crippen molar-refractivity contribution in [2.75, 3.05) is 6.54 Å². The van der Waals surface area contributed by atoms with Gasteiger partial charge >= 0.3 is 0 Å². The van der Waals surface area contributed by atoms with Gasteiger partial charge in [-0.25, -0.2) is 0 Å². The van der Waals surface area contributed by atoms with Gasteiger partial charge in [0.1, 0.15) is 6.04 Å². The molecule has 1 aliphatic rings. The van der Waals surface area contributed by atoms with Gasteiger partial charge in [0, 0.05) is 6.42 Å². The Kier molecular flexibility index (Phi) is 6.20. The van der Waals surface area contributed by atoms with Crippen LogP contribution >= 0.6 is 0 Å². The second-order valence-corrected chi connectivity index (χ2v) is 6.79. The van der Waals surface area contributed by atoms with E-state index >= 15 is 0 Å². The van der Waals surface area contributed by atoms with Crippen LogP contribution in [0, 0.1) is 22.7 Å². The lowest BCUT2D eigenvalue weighted by Gasteiger charge is -2.23. The first-order valence-corrected chi connectivity index (χ1v) is 9.22. The number of nitrogens with one attached hydrogen (secondary N) is 2. The Balaban J connectivity index is 1.63. The molecule has 0 bridgehead atoms. The highest BCUT2D eigenvalue weighted by atomic mass is 16.2. The van der Waals surface area contributed by atoms with Gasteiger partial charge in [0.2, 0.25) is 5.91 Å². The van der Waals surface area contributed by atoms with E-state index in [0.717, 1.165) is 42.5 Å². The summed E-state index contributed by atoms with van der Waals surface area (Å²) in [5.74, 6) is -0.0915. The molecule has 0 unspecified atom stereocenters. The minimum Gasteiger partial charge on any atom is -0.339 e. The van der Waals surface area contributed by atoms with Crippen LogP contribution in [0.4, 0.5) is 0 Å². The Labute approximate surface area is 159 Å². The summed E-state index contributed by atoms with van der Waals surface area (Å²) in [4.78, 5) is 12.3. The van der Waals surface area contributed by atoms with Crippen molar-refractivity contribution in [3.05, 3.63) is 59.7 Å². The summed E-state index contributed by atoms with van der Waals surface area (Å²) in [5, 5.41) is 24.5. The normalized spacial score (nSPS) is 17.3. The topological polar surface area (TPSA) is 88.7 Å². The van der Waals surface area contributed by atoms with Crippen LogP contribution < -0.4 is 10.6 Å². The molecule has 136 valence electrons. The molecular weight excluding hydrogens is 336 g/mol. The summed E-state index contributed by atoms with van der Waals surface area (Å²) in [5.41, 5.74) is 3.60. The molecule has 2 aromatic carbocycles. The van der Waals surface area contributed by atoms with Gasteiger partial charge in [-0.05, 0) is 48.2 Å². The molecular formula is C22H22N4O. The molecule has 0 radical (unpaired) electrons. The van der Waals surface area contributed by atoms with Crippen molar-refractivity contribution in [1.82, 2.24) is 10.6 Å². The lowest BCUT2D eigenvalue weighted by Crippen LogP contribution is -2.49. The first-order chi connectivity index (χ1) is 13.2. The van der Waals surface area contributed by atoms with Gasteiger partial charge < -0.3 is 10.6 Å². The van der Waals surface area contributed by atoms with Crippen molar-refractivity contribution in [2.24, 2.45) is 0 Å². The maximum Gasteiger partial charge on any atom is 0.238 e. The van der Waals surface area contributed by atoms with Crippen molar-refractivity contribution in [3.63, 3.8) is 0 Å². The molecule has 5 heteroatoms. The number of hydrogen-bond donors (Lipinski definition) is 2. The maximum absolute atomic E-state index is 12.3.